The summed E-state index contributed by atoms with van der Waals surface area (Å²) in [6.45, 7) is 0. The number of hydrogen-bond acceptors (Lipinski definition) is 10. The summed E-state index contributed by atoms with van der Waals surface area (Å²) in [6.07, 6.45) is 7.21. The zero-order valence-electron chi connectivity index (χ0n) is 24.5. The Balaban J connectivity index is 0.000000117. The van der Waals surface area contributed by atoms with Gasteiger partial charge in [0.1, 0.15) is 22.6 Å². The molecule has 2 aliphatic rings. The second-order valence-corrected chi connectivity index (χ2v) is 11.1. The largest absolute Gasteiger partial charge is 0.325 e. The zero-order valence-corrected chi connectivity index (χ0v) is 24.5. The van der Waals surface area contributed by atoms with E-state index < -0.39 is 0 Å². The van der Waals surface area contributed by atoms with Crippen LogP contribution in [0.5, 0.6) is 0 Å². The third-order valence-electron chi connectivity index (χ3n) is 8.05. The molecule has 0 saturated heterocycles. The van der Waals surface area contributed by atoms with E-state index in [0.29, 0.717) is 45.9 Å². The molecule has 0 radical (unpaired) electrons. The highest BCUT2D eigenvalue weighted by Crippen LogP contribution is 2.15. The highest BCUT2D eigenvalue weighted by Gasteiger charge is 2.22. The fourth-order valence-corrected chi connectivity index (χ4v) is 6.03. The average molecular weight is 627 g/mol. The lowest BCUT2D eigenvalue weighted by Gasteiger charge is -1.91. The Labute approximate surface area is 265 Å². The van der Waals surface area contributed by atoms with Crippen molar-refractivity contribution < 1.29 is 9.03 Å². The Morgan fingerprint density at radius 2 is 0.688 bits per heavy atom. The summed E-state index contributed by atoms with van der Waals surface area (Å²) in [4.78, 5) is 52.1. The Morgan fingerprint density at radius 1 is 0.333 bits per heavy atom. The Hall–Kier alpha value is -7.36. The Morgan fingerprint density at radius 3 is 1.12 bits per heavy atom. The molecule has 0 spiro atoms. The van der Waals surface area contributed by atoms with E-state index in [1.54, 1.807) is 24.3 Å². The molecule has 0 unspecified atom stereocenters. The molecule has 0 fully saturated rings. The van der Waals surface area contributed by atoms with Gasteiger partial charge in [-0.1, -0.05) is 15.0 Å². The third kappa shape index (κ3) is 3.76. The second kappa shape index (κ2) is 9.10. The van der Waals surface area contributed by atoms with E-state index in [-0.39, 0.29) is 0 Å². The van der Waals surface area contributed by atoms with Gasteiger partial charge in [0, 0.05) is 36.4 Å². The fourth-order valence-electron chi connectivity index (χ4n) is 6.03. The zero-order chi connectivity index (χ0) is 31.3. The minimum atomic E-state index is 0.559. The number of nitrogens with one attached hydrogen (secondary N) is 2. The van der Waals surface area contributed by atoms with Crippen molar-refractivity contribution in [2.24, 2.45) is 0 Å². The van der Waals surface area contributed by atoms with Crippen molar-refractivity contribution in [3.05, 3.63) is 96.1 Å². The number of H-pyrrole nitrogens is 2. The number of aromatic amines is 2. The molecule has 224 valence electrons. The van der Waals surface area contributed by atoms with Gasteiger partial charge < -0.3 is 9.97 Å². The molecule has 0 saturated carbocycles. The minimum Gasteiger partial charge on any atom is -0.325 e. The maximum Gasteiger partial charge on any atom is 0.290 e. The van der Waals surface area contributed by atoms with Gasteiger partial charge in [-0.2, -0.15) is 0 Å². The molecule has 11 aromatic heterocycles. The molecule has 13 heterocycles. The first-order valence-electron chi connectivity index (χ1n) is 14.9. The van der Waals surface area contributed by atoms with Crippen LogP contribution in [0.15, 0.2) is 72.8 Å². The predicted molar refractivity (Wildman–Crippen MR) is 173 cm³/mol. The van der Waals surface area contributed by atoms with Crippen LogP contribution in [0, 0.1) is 0 Å². The molecule has 13 rings (SSSR count). The van der Waals surface area contributed by atoms with Gasteiger partial charge in [-0.3, -0.25) is 0 Å². The predicted octanol–water partition coefficient (Wildman–Crippen LogP) is 2.67. The smallest absolute Gasteiger partial charge is 0.290 e. The van der Waals surface area contributed by atoms with E-state index in [0.717, 1.165) is 45.2 Å². The molecular formula is C32H18N16+2. The maximum absolute atomic E-state index is 4.85. The van der Waals surface area contributed by atoms with Crippen LogP contribution in [0.4, 0.5) is 0 Å². The first kappa shape index (κ1) is 24.9. The van der Waals surface area contributed by atoms with Crippen molar-refractivity contribution in [3.63, 3.8) is 0 Å². The van der Waals surface area contributed by atoms with Crippen LogP contribution >= 0.6 is 0 Å². The van der Waals surface area contributed by atoms with Crippen LogP contribution in [-0.2, 0) is 0 Å². The van der Waals surface area contributed by atoms with Gasteiger partial charge in [0.2, 0.25) is 11.3 Å². The van der Waals surface area contributed by atoms with Crippen LogP contribution in [0.3, 0.4) is 0 Å². The van der Waals surface area contributed by atoms with Crippen molar-refractivity contribution in [2.75, 3.05) is 0 Å². The number of fused-ring (bicyclic) bond motifs is 8. The van der Waals surface area contributed by atoms with Gasteiger partial charge in [-0.25, -0.2) is 34.9 Å². The summed E-state index contributed by atoms with van der Waals surface area (Å²) < 4.78 is 7.85. The van der Waals surface area contributed by atoms with Crippen LogP contribution in [0.2, 0.25) is 0 Å². The molecule has 48 heavy (non-hydrogen) atoms. The molecule has 2 N–H and O–H groups in total. The lowest BCUT2D eigenvalue weighted by atomic mass is 10.5. The van der Waals surface area contributed by atoms with Crippen molar-refractivity contribution >= 4 is 92.1 Å². The van der Waals surface area contributed by atoms with Gasteiger partial charge in [0.25, 0.3) is 22.6 Å². The Kier molecular flexibility index (Phi) is 4.72. The molecule has 0 aliphatic carbocycles. The fraction of sp³-hybridized carbons (Fsp3) is 0. The topological polar surface area (TPSA) is 177 Å². The molecule has 20 bridgehead atoms. The summed E-state index contributed by atoms with van der Waals surface area (Å²) in [5.41, 5.74) is 9.07. The first-order chi connectivity index (χ1) is 23.7. The summed E-state index contributed by atoms with van der Waals surface area (Å²) in [7, 11) is 0. The van der Waals surface area contributed by atoms with Crippen molar-refractivity contribution in [1.29, 1.82) is 0 Å². The molecular weight excluding hydrogens is 608 g/mol. The quantitative estimate of drug-likeness (QED) is 0.238. The molecule has 0 atom stereocenters. The molecule has 16 heteroatoms. The standard InChI is InChI=1S/C16H8N8.C16H10N8/c1-2-10-18-12-5-8-16-20-14-7-6-13-19-15-4-3-11(23(15)24(12)16)17-9(1)21(10)22(13)14;1-2-10-17-9(1)21-11-3-4-13(18-11)23-15-7-8-16(20-15)24-14-6-5-12(19-14)22-10/h1-8H;1-8H,(H2,17,18,19,20,21,22,23,24)/q+2;. The number of nitrogens with zero attached hydrogens (tertiary/aromatic N) is 14. The minimum absolute atomic E-state index is 0.559. The normalized spacial score (nSPS) is 12.8. The second-order valence-electron chi connectivity index (χ2n) is 11.1. The van der Waals surface area contributed by atoms with Crippen molar-refractivity contribution in [2.45, 2.75) is 0 Å². The van der Waals surface area contributed by atoms with E-state index >= 15 is 0 Å². The average Bonchev–Trinajstić information content (AvgIpc) is 3.92. The molecule has 16 nitrogen and oxygen atoms in total. The van der Waals surface area contributed by atoms with Gasteiger partial charge in [-0.05, 0) is 60.7 Å². The summed E-state index contributed by atoms with van der Waals surface area (Å²) in [6, 6.07) is 23.2. The van der Waals surface area contributed by atoms with Gasteiger partial charge in [0.05, 0.1) is 0 Å². The van der Waals surface area contributed by atoms with Gasteiger partial charge in [-0.15, -0.1) is 18.1 Å². The molecule has 11 aromatic rings. The van der Waals surface area contributed by atoms with Crippen molar-refractivity contribution in [1.82, 2.24) is 68.8 Å². The first-order valence-corrected chi connectivity index (χ1v) is 14.9. The lowest BCUT2D eigenvalue weighted by molar-refractivity contribution is -0.567. The number of hydrogen-bond donors (Lipinski definition) is 2. The van der Waals surface area contributed by atoms with Crippen LogP contribution in [0.1, 0.15) is 23.3 Å². The van der Waals surface area contributed by atoms with E-state index in [9.17, 15) is 0 Å². The Bertz CT molecular complexity index is 2720. The highest BCUT2D eigenvalue weighted by molar-refractivity contribution is 5.71. The van der Waals surface area contributed by atoms with E-state index in [2.05, 4.69) is 39.9 Å². The van der Waals surface area contributed by atoms with E-state index in [1.165, 1.54) is 0 Å². The van der Waals surface area contributed by atoms with Crippen LogP contribution < -0.4 is 9.03 Å². The SMILES string of the molecule is C1=Cc2nc1nc1nc(nc3ccc(nc4ccc(n2)[nH]4)[nH]3)C=C1.c1cc2nc3ccc4nc5ccc6nc7ccc(nc1n2[n+]65)n7[n+]34. The number of aromatic nitrogens is 16. The molecule has 2 aliphatic heterocycles. The maximum atomic E-state index is 4.85. The summed E-state index contributed by atoms with van der Waals surface area (Å²) >= 11 is 0. The molecule has 0 aromatic carbocycles. The highest BCUT2D eigenvalue weighted by atomic mass is 15.4. The van der Waals surface area contributed by atoms with Crippen molar-refractivity contribution in [3.8, 4) is 0 Å². The monoisotopic (exact) mass is 626 g/mol. The lowest BCUT2D eigenvalue weighted by Crippen LogP contribution is -2.30. The van der Waals surface area contributed by atoms with E-state index in [1.807, 2.05) is 90.9 Å². The molecule has 0 amide bonds. The van der Waals surface area contributed by atoms with Gasteiger partial charge in [0.15, 0.2) is 34.6 Å². The van der Waals surface area contributed by atoms with Gasteiger partial charge >= 0.3 is 0 Å². The number of rotatable bonds is 0. The summed E-state index contributed by atoms with van der Waals surface area (Å²) in [5.74, 6) is 2.27. The van der Waals surface area contributed by atoms with Crippen LogP contribution in [-0.4, -0.2) is 68.8 Å². The van der Waals surface area contributed by atoms with E-state index in [4.69, 9.17) is 19.9 Å². The third-order valence-corrected chi connectivity index (χ3v) is 8.05. The summed E-state index contributed by atoms with van der Waals surface area (Å²) in [5, 5.41) is 0. The van der Waals surface area contributed by atoms with Crippen LogP contribution in [0.25, 0.3) is 92.1 Å².